The molecule has 0 saturated carbocycles. The minimum Gasteiger partial charge on any atom is -0.396 e. The highest BCUT2D eigenvalue weighted by Gasteiger charge is 2.19. The van der Waals surface area contributed by atoms with Crippen molar-refractivity contribution in [3.63, 3.8) is 0 Å². The normalized spacial score (nSPS) is 16.3. The average Bonchev–Trinajstić information content (AvgIpc) is 2.46. The van der Waals surface area contributed by atoms with Crippen molar-refractivity contribution in [1.82, 2.24) is 15.0 Å². The minimum atomic E-state index is -0.252. The van der Waals surface area contributed by atoms with Crippen molar-refractivity contribution in [3.8, 4) is 0 Å². The number of aromatic nitrogens is 3. The van der Waals surface area contributed by atoms with Crippen LogP contribution in [0.2, 0.25) is 5.28 Å². The van der Waals surface area contributed by atoms with Gasteiger partial charge in [-0.15, -0.1) is 0 Å². The van der Waals surface area contributed by atoms with E-state index in [-0.39, 0.29) is 17.3 Å². The molecule has 2 rings (SSSR count). The van der Waals surface area contributed by atoms with Crippen LogP contribution in [0.1, 0.15) is 13.8 Å². The number of aliphatic hydroxyl groups excluding tert-OH is 1. The summed E-state index contributed by atoms with van der Waals surface area (Å²) in [6.07, 6.45) is 0. The second kappa shape index (κ2) is 6.51. The highest BCUT2D eigenvalue weighted by atomic mass is 35.5. The molecule has 1 aromatic rings. The number of hydrogen-bond acceptors (Lipinski definition) is 7. The van der Waals surface area contributed by atoms with Gasteiger partial charge in [0.05, 0.1) is 13.2 Å². The van der Waals surface area contributed by atoms with E-state index >= 15 is 0 Å². The zero-order valence-electron chi connectivity index (χ0n) is 11.8. The maximum Gasteiger partial charge on any atom is 0.231 e. The molecule has 0 radical (unpaired) electrons. The molecule has 0 aromatic carbocycles. The molecule has 1 saturated heterocycles. The lowest BCUT2D eigenvalue weighted by Gasteiger charge is -2.27. The fourth-order valence-corrected chi connectivity index (χ4v) is 1.85. The summed E-state index contributed by atoms with van der Waals surface area (Å²) in [7, 11) is 0. The molecule has 8 heteroatoms. The first kappa shape index (κ1) is 15.2. The van der Waals surface area contributed by atoms with E-state index in [4.69, 9.17) is 16.3 Å². The van der Waals surface area contributed by atoms with Crippen LogP contribution in [0.25, 0.3) is 0 Å². The Morgan fingerprint density at radius 1 is 1.30 bits per heavy atom. The molecule has 0 amide bonds. The van der Waals surface area contributed by atoms with Crippen molar-refractivity contribution in [1.29, 1.82) is 0 Å². The Labute approximate surface area is 123 Å². The second-order valence-corrected chi connectivity index (χ2v) is 5.84. The van der Waals surface area contributed by atoms with Gasteiger partial charge in [0.2, 0.25) is 17.2 Å². The van der Waals surface area contributed by atoms with Crippen molar-refractivity contribution < 1.29 is 9.84 Å². The Kier molecular flexibility index (Phi) is 4.95. The summed E-state index contributed by atoms with van der Waals surface area (Å²) in [5.74, 6) is 0.977. The summed E-state index contributed by atoms with van der Waals surface area (Å²) >= 11 is 5.94. The molecule has 20 heavy (non-hydrogen) atoms. The van der Waals surface area contributed by atoms with Crippen LogP contribution in [0, 0.1) is 5.41 Å². The molecule has 0 bridgehead atoms. The van der Waals surface area contributed by atoms with E-state index < -0.39 is 0 Å². The van der Waals surface area contributed by atoms with Gasteiger partial charge in [0.15, 0.2) is 0 Å². The third-order valence-electron chi connectivity index (χ3n) is 3.04. The van der Waals surface area contributed by atoms with Crippen molar-refractivity contribution in [2.24, 2.45) is 5.41 Å². The lowest BCUT2D eigenvalue weighted by atomic mass is 9.95. The Balaban J connectivity index is 2.08. The number of halogens is 1. The summed E-state index contributed by atoms with van der Waals surface area (Å²) in [5, 5.41) is 12.5. The van der Waals surface area contributed by atoms with Crippen LogP contribution in [0.3, 0.4) is 0 Å². The highest BCUT2D eigenvalue weighted by molar-refractivity contribution is 6.28. The number of morpholine rings is 1. The topological polar surface area (TPSA) is 83.4 Å². The van der Waals surface area contributed by atoms with Crippen molar-refractivity contribution in [2.45, 2.75) is 13.8 Å². The SMILES string of the molecule is CC(C)(CO)CNc1nc(Cl)nc(N2CCOCC2)n1. The Hall–Kier alpha value is -1.18. The monoisotopic (exact) mass is 301 g/mol. The summed E-state index contributed by atoms with van der Waals surface area (Å²) in [5.41, 5.74) is -0.252. The van der Waals surface area contributed by atoms with Crippen LogP contribution >= 0.6 is 11.6 Å². The number of aliphatic hydroxyl groups is 1. The van der Waals surface area contributed by atoms with Crippen molar-refractivity contribution >= 4 is 23.5 Å². The molecule has 0 aliphatic carbocycles. The molecule has 112 valence electrons. The number of rotatable bonds is 5. The van der Waals surface area contributed by atoms with Crippen LogP contribution in [0.4, 0.5) is 11.9 Å². The van der Waals surface area contributed by atoms with Gasteiger partial charge in [0.1, 0.15) is 0 Å². The second-order valence-electron chi connectivity index (χ2n) is 5.50. The summed E-state index contributed by atoms with van der Waals surface area (Å²) in [4.78, 5) is 14.6. The largest absolute Gasteiger partial charge is 0.396 e. The fourth-order valence-electron chi connectivity index (χ4n) is 1.70. The molecule has 7 nitrogen and oxygen atoms in total. The van der Waals surface area contributed by atoms with Gasteiger partial charge in [-0.25, -0.2) is 0 Å². The molecule has 2 heterocycles. The molecule has 0 atom stereocenters. The average molecular weight is 302 g/mol. The number of nitrogens with one attached hydrogen (secondary N) is 1. The first-order valence-electron chi connectivity index (χ1n) is 6.59. The van der Waals surface area contributed by atoms with Crippen LogP contribution in [0.15, 0.2) is 0 Å². The van der Waals surface area contributed by atoms with E-state index in [0.29, 0.717) is 31.7 Å². The standard InChI is InChI=1S/C12H20ClN5O2/c1-12(2,8-19)7-14-10-15-9(13)16-11(17-10)18-3-5-20-6-4-18/h19H,3-8H2,1-2H3,(H,14,15,16,17). The van der Waals surface area contributed by atoms with Gasteiger partial charge in [-0.1, -0.05) is 13.8 Å². The molecular formula is C12H20ClN5O2. The molecule has 2 N–H and O–H groups in total. The maximum atomic E-state index is 9.24. The van der Waals surface area contributed by atoms with E-state index in [1.54, 1.807) is 0 Å². The summed E-state index contributed by atoms with van der Waals surface area (Å²) in [6.45, 7) is 7.32. The van der Waals surface area contributed by atoms with E-state index in [1.807, 2.05) is 18.7 Å². The van der Waals surface area contributed by atoms with E-state index in [9.17, 15) is 5.11 Å². The van der Waals surface area contributed by atoms with Gasteiger partial charge in [0.25, 0.3) is 0 Å². The zero-order valence-corrected chi connectivity index (χ0v) is 12.5. The third kappa shape index (κ3) is 4.16. The van der Waals surface area contributed by atoms with Gasteiger partial charge in [-0.3, -0.25) is 0 Å². The van der Waals surface area contributed by atoms with E-state index in [1.165, 1.54) is 0 Å². The Bertz CT molecular complexity index is 451. The molecule has 1 fully saturated rings. The number of hydrogen-bond donors (Lipinski definition) is 2. The number of ether oxygens (including phenoxy) is 1. The highest BCUT2D eigenvalue weighted by Crippen LogP contribution is 2.17. The van der Waals surface area contributed by atoms with Gasteiger partial charge in [-0.2, -0.15) is 15.0 Å². The third-order valence-corrected chi connectivity index (χ3v) is 3.21. The summed E-state index contributed by atoms with van der Waals surface area (Å²) in [6, 6.07) is 0. The number of nitrogens with zero attached hydrogens (tertiary/aromatic N) is 4. The minimum absolute atomic E-state index is 0.0785. The zero-order chi connectivity index (χ0) is 14.6. The maximum absolute atomic E-state index is 9.24. The smallest absolute Gasteiger partial charge is 0.231 e. The van der Waals surface area contributed by atoms with Crippen molar-refractivity contribution in [2.75, 3.05) is 49.7 Å². The van der Waals surface area contributed by atoms with Gasteiger partial charge in [-0.05, 0) is 11.6 Å². The van der Waals surface area contributed by atoms with Crippen LogP contribution in [0.5, 0.6) is 0 Å². The molecule has 1 aliphatic rings. The van der Waals surface area contributed by atoms with Gasteiger partial charge >= 0.3 is 0 Å². The van der Waals surface area contributed by atoms with E-state index in [0.717, 1.165) is 13.1 Å². The lowest BCUT2D eigenvalue weighted by molar-refractivity contribution is 0.122. The molecular weight excluding hydrogens is 282 g/mol. The predicted molar refractivity (Wildman–Crippen MR) is 77.2 cm³/mol. The van der Waals surface area contributed by atoms with Crippen LogP contribution < -0.4 is 10.2 Å². The molecule has 0 unspecified atom stereocenters. The Morgan fingerprint density at radius 3 is 2.65 bits per heavy atom. The lowest BCUT2D eigenvalue weighted by Crippen LogP contribution is -2.37. The number of anilines is 2. The Morgan fingerprint density at radius 2 is 2.00 bits per heavy atom. The van der Waals surface area contributed by atoms with Crippen molar-refractivity contribution in [3.05, 3.63) is 5.28 Å². The van der Waals surface area contributed by atoms with Crippen LogP contribution in [-0.2, 0) is 4.74 Å². The first-order valence-corrected chi connectivity index (χ1v) is 6.97. The molecule has 0 spiro atoms. The predicted octanol–water partition coefficient (Wildman–Crippen LogP) is 0.792. The van der Waals surface area contributed by atoms with Crippen LogP contribution in [-0.4, -0.2) is 59.5 Å². The summed E-state index contributed by atoms with van der Waals surface area (Å²) < 4.78 is 5.30. The molecule has 1 aromatic heterocycles. The molecule has 1 aliphatic heterocycles. The quantitative estimate of drug-likeness (QED) is 0.832. The van der Waals surface area contributed by atoms with Gasteiger partial charge < -0.3 is 20.1 Å². The first-order chi connectivity index (χ1) is 9.50. The van der Waals surface area contributed by atoms with E-state index in [2.05, 4.69) is 20.3 Å². The fraction of sp³-hybridized carbons (Fsp3) is 0.750. The van der Waals surface area contributed by atoms with Gasteiger partial charge in [0, 0.05) is 31.7 Å².